The topological polar surface area (TPSA) is 85.1 Å². The van der Waals surface area contributed by atoms with Crippen molar-refractivity contribution in [3.63, 3.8) is 0 Å². The summed E-state index contributed by atoms with van der Waals surface area (Å²) in [5.41, 5.74) is 4.46. The van der Waals surface area contributed by atoms with Gasteiger partial charge in [-0.2, -0.15) is 9.90 Å². The molecule has 1 atom stereocenters. The van der Waals surface area contributed by atoms with Crippen molar-refractivity contribution in [1.29, 1.82) is 0 Å². The van der Waals surface area contributed by atoms with Crippen molar-refractivity contribution >= 4 is 12.1 Å². The van der Waals surface area contributed by atoms with Crippen molar-refractivity contribution in [2.45, 2.75) is 19.4 Å². The van der Waals surface area contributed by atoms with Crippen LogP contribution in [0, 0.1) is 0 Å². The van der Waals surface area contributed by atoms with Gasteiger partial charge in [0, 0.05) is 17.7 Å². The zero-order valence-corrected chi connectivity index (χ0v) is 13.8. The van der Waals surface area contributed by atoms with Crippen LogP contribution < -0.4 is 5.43 Å². The third kappa shape index (κ3) is 4.57. The Bertz CT molecular complexity index is 844. The number of hydrogen-bond acceptors (Lipinski definition) is 5. The quantitative estimate of drug-likeness (QED) is 0.553. The van der Waals surface area contributed by atoms with Crippen LogP contribution in [0.1, 0.15) is 18.4 Å². The summed E-state index contributed by atoms with van der Waals surface area (Å²) in [5, 5.41) is 16.0. The number of nitrogens with one attached hydrogen (secondary N) is 1. The molecule has 0 radical (unpaired) electrons. The molecule has 0 fully saturated rings. The minimum atomic E-state index is -0.312. The fourth-order valence-electron chi connectivity index (χ4n) is 2.24. The second-order valence-corrected chi connectivity index (χ2v) is 5.52. The minimum Gasteiger partial charge on any atom is -0.271 e. The Morgan fingerprint density at radius 1 is 1.16 bits per heavy atom. The summed E-state index contributed by atoms with van der Waals surface area (Å²) in [6, 6.07) is 19.4. The van der Waals surface area contributed by atoms with Gasteiger partial charge in [0.1, 0.15) is 6.54 Å². The Morgan fingerprint density at radius 2 is 1.84 bits per heavy atom. The van der Waals surface area contributed by atoms with E-state index in [0.29, 0.717) is 5.82 Å². The van der Waals surface area contributed by atoms with Gasteiger partial charge in [-0.15, -0.1) is 10.2 Å². The predicted molar refractivity (Wildman–Crippen MR) is 94.7 cm³/mol. The number of carbonyl (C=O) groups excluding carboxylic acids is 1. The number of nitrogens with zero attached hydrogens (tertiary/aromatic N) is 5. The molecule has 0 aliphatic heterocycles. The highest BCUT2D eigenvalue weighted by Crippen LogP contribution is 2.12. The van der Waals surface area contributed by atoms with Crippen LogP contribution in [0.4, 0.5) is 0 Å². The molecule has 0 aliphatic rings. The largest absolute Gasteiger partial charge is 0.271 e. The summed E-state index contributed by atoms with van der Waals surface area (Å²) in [4.78, 5) is 13.2. The Hall–Kier alpha value is -3.35. The fraction of sp³-hybridized carbons (Fsp3) is 0.167. The first-order valence-electron chi connectivity index (χ1n) is 7.92. The normalized spacial score (nSPS) is 12.2. The smallest absolute Gasteiger partial charge is 0.263 e. The summed E-state index contributed by atoms with van der Waals surface area (Å²) < 4.78 is 0. The zero-order chi connectivity index (χ0) is 17.5. The van der Waals surface area contributed by atoms with E-state index in [9.17, 15) is 4.79 Å². The lowest BCUT2D eigenvalue weighted by molar-refractivity contribution is -0.122. The maximum Gasteiger partial charge on any atom is 0.263 e. The monoisotopic (exact) mass is 334 g/mol. The molecular weight excluding hydrogens is 316 g/mol. The van der Waals surface area contributed by atoms with E-state index in [1.165, 1.54) is 4.80 Å². The van der Waals surface area contributed by atoms with Crippen LogP contribution in [0.25, 0.3) is 11.4 Å². The Morgan fingerprint density at radius 3 is 2.56 bits per heavy atom. The Labute approximate surface area is 145 Å². The van der Waals surface area contributed by atoms with E-state index in [-0.39, 0.29) is 18.4 Å². The van der Waals surface area contributed by atoms with E-state index in [2.05, 4.69) is 25.9 Å². The van der Waals surface area contributed by atoms with Gasteiger partial charge in [0.15, 0.2) is 0 Å². The van der Waals surface area contributed by atoms with Crippen LogP contribution in [0.5, 0.6) is 0 Å². The molecule has 1 N–H and O–H groups in total. The van der Waals surface area contributed by atoms with Gasteiger partial charge < -0.3 is 0 Å². The first kappa shape index (κ1) is 16.5. The molecule has 1 amide bonds. The summed E-state index contributed by atoms with van der Waals surface area (Å²) in [6.07, 6.45) is 1.69. The van der Waals surface area contributed by atoms with E-state index in [0.717, 1.165) is 11.1 Å². The van der Waals surface area contributed by atoms with Gasteiger partial charge in [0.2, 0.25) is 5.82 Å². The SMILES string of the molecule is CC(/C=N/NC(=O)Cn1nnc(-c2ccccc2)n1)c1ccccc1. The first-order valence-corrected chi connectivity index (χ1v) is 7.92. The number of amides is 1. The summed E-state index contributed by atoms with van der Waals surface area (Å²) in [6.45, 7) is 1.97. The summed E-state index contributed by atoms with van der Waals surface area (Å²) in [7, 11) is 0. The van der Waals surface area contributed by atoms with E-state index >= 15 is 0 Å². The number of carbonyl (C=O) groups is 1. The van der Waals surface area contributed by atoms with E-state index < -0.39 is 0 Å². The molecule has 1 heterocycles. The maximum absolute atomic E-state index is 11.9. The lowest BCUT2D eigenvalue weighted by Gasteiger charge is -2.05. The van der Waals surface area contributed by atoms with Crippen molar-refractivity contribution in [3.8, 4) is 11.4 Å². The van der Waals surface area contributed by atoms with Crippen LogP contribution in [0.3, 0.4) is 0 Å². The van der Waals surface area contributed by atoms with Gasteiger partial charge in [-0.05, 0) is 10.8 Å². The Kier molecular flexibility index (Phi) is 5.26. The number of hydrogen-bond donors (Lipinski definition) is 1. The molecule has 0 aliphatic carbocycles. The standard InChI is InChI=1S/C18H18N6O/c1-14(15-8-4-2-5-9-15)12-19-20-17(25)13-24-22-18(21-23-24)16-10-6-3-7-11-16/h2-12,14H,13H2,1H3,(H,20,25)/b19-12+. The van der Waals surface area contributed by atoms with E-state index in [4.69, 9.17) is 0 Å². The van der Waals surface area contributed by atoms with Crippen molar-refractivity contribution in [2.75, 3.05) is 0 Å². The second kappa shape index (κ2) is 7.96. The molecule has 2 aromatic carbocycles. The van der Waals surface area contributed by atoms with Gasteiger partial charge in [-0.3, -0.25) is 4.79 Å². The molecule has 1 aromatic heterocycles. The van der Waals surface area contributed by atoms with Gasteiger partial charge in [0.05, 0.1) is 0 Å². The van der Waals surface area contributed by atoms with Crippen molar-refractivity contribution < 1.29 is 4.79 Å². The fourth-order valence-corrected chi connectivity index (χ4v) is 2.24. The number of benzene rings is 2. The van der Waals surface area contributed by atoms with Crippen LogP contribution in [-0.4, -0.2) is 32.3 Å². The van der Waals surface area contributed by atoms with Crippen LogP contribution in [-0.2, 0) is 11.3 Å². The average molecular weight is 334 g/mol. The molecule has 25 heavy (non-hydrogen) atoms. The lowest BCUT2D eigenvalue weighted by Crippen LogP contribution is -2.24. The molecular formula is C18H18N6O. The van der Waals surface area contributed by atoms with Gasteiger partial charge >= 0.3 is 0 Å². The van der Waals surface area contributed by atoms with E-state index in [1.807, 2.05) is 67.6 Å². The number of aromatic nitrogens is 4. The minimum absolute atomic E-state index is 0.0448. The summed E-state index contributed by atoms with van der Waals surface area (Å²) >= 11 is 0. The first-order chi connectivity index (χ1) is 12.2. The molecule has 0 saturated heterocycles. The van der Waals surface area contributed by atoms with Gasteiger partial charge in [-0.25, -0.2) is 5.43 Å². The lowest BCUT2D eigenvalue weighted by atomic mass is 10.0. The molecule has 3 rings (SSSR count). The molecule has 0 bridgehead atoms. The molecule has 7 nitrogen and oxygen atoms in total. The third-order valence-corrected chi connectivity index (χ3v) is 3.58. The molecule has 126 valence electrons. The average Bonchev–Trinajstić information content (AvgIpc) is 3.11. The zero-order valence-electron chi connectivity index (χ0n) is 13.8. The van der Waals surface area contributed by atoms with Crippen molar-refractivity contribution in [1.82, 2.24) is 25.6 Å². The highest BCUT2D eigenvalue weighted by molar-refractivity contribution is 5.77. The van der Waals surface area contributed by atoms with Crippen molar-refractivity contribution in [3.05, 3.63) is 66.2 Å². The predicted octanol–water partition coefficient (Wildman–Crippen LogP) is 2.25. The van der Waals surface area contributed by atoms with Crippen molar-refractivity contribution in [2.24, 2.45) is 5.10 Å². The highest BCUT2D eigenvalue weighted by atomic mass is 16.2. The summed E-state index contributed by atoms with van der Waals surface area (Å²) in [5.74, 6) is 0.277. The van der Waals surface area contributed by atoms with Crippen LogP contribution in [0.2, 0.25) is 0 Å². The Balaban J connectivity index is 1.53. The highest BCUT2D eigenvalue weighted by Gasteiger charge is 2.08. The molecule has 3 aromatic rings. The maximum atomic E-state index is 11.9. The molecule has 1 unspecified atom stereocenters. The third-order valence-electron chi connectivity index (χ3n) is 3.58. The van der Waals surface area contributed by atoms with E-state index in [1.54, 1.807) is 6.21 Å². The molecule has 7 heteroatoms. The number of rotatable bonds is 6. The second-order valence-electron chi connectivity index (χ2n) is 5.52. The number of tetrazole rings is 1. The van der Waals surface area contributed by atoms with Gasteiger partial charge in [-0.1, -0.05) is 67.6 Å². The van der Waals surface area contributed by atoms with Crippen LogP contribution in [0.15, 0.2) is 65.8 Å². The molecule has 0 spiro atoms. The molecule has 0 saturated carbocycles. The van der Waals surface area contributed by atoms with Gasteiger partial charge in [0.25, 0.3) is 5.91 Å². The van der Waals surface area contributed by atoms with Crippen LogP contribution >= 0.6 is 0 Å². The number of hydrazone groups is 1.